The van der Waals surface area contributed by atoms with Crippen LogP contribution in [0.5, 0.6) is 0 Å². The maximum absolute atomic E-state index is 12.9. The van der Waals surface area contributed by atoms with Gasteiger partial charge in [0.15, 0.2) is 5.11 Å². The number of nitrogens with one attached hydrogen (secondary N) is 2. The SMILES string of the molecule is O=C(CCN1C(=S)N[C@H](c2ccccn2)[C@H]1c1ccc(Cl)s1)Nc1cccc2ccccc12. The molecule has 8 heteroatoms. The molecule has 2 aromatic heterocycles. The van der Waals surface area contributed by atoms with Gasteiger partial charge < -0.3 is 15.5 Å². The van der Waals surface area contributed by atoms with Gasteiger partial charge in [-0.1, -0.05) is 54.1 Å². The molecule has 2 atom stereocenters. The third-order valence-corrected chi connectivity index (χ3v) is 7.38. The molecule has 4 aromatic rings. The molecule has 1 aliphatic heterocycles. The lowest BCUT2D eigenvalue weighted by Gasteiger charge is -2.26. The normalized spacial score (nSPS) is 17.8. The van der Waals surface area contributed by atoms with Crippen LogP contribution in [0.25, 0.3) is 10.8 Å². The van der Waals surface area contributed by atoms with E-state index in [0.29, 0.717) is 18.1 Å². The number of hydrogen-bond donors (Lipinski definition) is 2. The number of amides is 1. The molecule has 0 radical (unpaired) electrons. The number of nitrogens with zero attached hydrogens (tertiary/aromatic N) is 2. The van der Waals surface area contributed by atoms with Gasteiger partial charge >= 0.3 is 0 Å². The van der Waals surface area contributed by atoms with Gasteiger partial charge in [-0.2, -0.15) is 0 Å². The minimum Gasteiger partial charge on any atom is -0.352 e. The van der Waals surface area contributed by atoms with Gasteiger partial charge in [-0.25, -0.2) is 0 Å². The second-order valence-corrected chi connectivity index (χ2v) is 9.92. The van der Waals surface area contributed by atoms with Crippen LogP contribution in [0, 0.1) is 0 Å². The van der Waals surface area contributed by atoms with Gasteiger partial charge in [0.05, 0.1) is 22.1 Å². The first-order chi connectivity index (χ1) is 16.1. The Hall–Kier alpha value is -3.00. The molecule has 2 aromatic carbocycles. The van der Waals surface area contributed by atoms with E-state index in [1.165, 1.54) is 11.3 Å². The predicted octanol–water partition coefficient (Wildman–Crippen LogP) is 5.95. The van der Waals surface area contributed by atoms with Gasteiger partial charge in [-0.3, -0.25) is 9.78 Å². The number of halogens is 1. The quantitative estimate of drug-likeness (QED) is 0.326. The molecule has 0 spiro atoms. The Morgan fingerprint density at radius 1 is 1.09 bits per heavy atom. The highest BCUT2D eigenvalue weighted by Crippen LogP contribution is 2.42. The van der Waals surface area contributed by atoms with Crippen LogP contribution >= 0.6 is 35.2 Å². The van der Waals surface area contributed by atoms with E-state index in [1.807, 2.05) is 72.8 Å². The van der Waals surface area contributed by atoms with Gasteiger partial charge in [0.2, 0.25) is 5.91 Å². The van der Waals surface area contributed by atoms with Crippen LogP contribution in [0.4, 0.5) is 5.69 Å². The number of hydrogen-bond acceptors (Lipinski definition) is 4. The van der Waals surface area contributed by atoms with Crippen molar-refractivity contribution in [3.05, 3.63) is 93.9 Å². The van der Waals surface area contributed by atoms with Crippen LogP contribution in [0.1, 0.15) is 29.1 Å². The summed E-state index contributed by atoms with van der Waals surface area (Å²) in [5, 5.41) is 9.19. The van der Waals surface area contributed by atoms with E-state index in [4.69, 9.17) is 23.8 Å². The molecule has 1 amide bonds. The van der Waals surface area contributed by atoms with Crippen LogP contribution in [0.15, 0.2) is 79.0 Å². The first-order valence-corrected chi connectivity index (χ1v) is 12.2. The monoisotopic (exact) mass is 492 g/mol. The van der Waals surface area contributed by atoms with E-state index < -0.39 is 0 Å². The summed E-state index contributed by atoms with van der Waals surface area (Å²) in [7, 11) is 0. The number of thiophene rings is 1. The van der Waals surface area contributed by atoms with Gasteiger partial charge in [0, 0.05) is 35.1 Å². The Balaban J connectivity index is 1.35. The molecule has 5 nitrogen and oxygen atoms in total. The molecule has 5 rings (SSSR count). The van der Waals surface area contributed by atoms with E-state index in [9.17, 15) is 4.79 Å². The van der Waals surface area contributed by atoms with Crippen LogP contribution < -0.4 is 10.6 Å². The highest BCUT2D eigenvalue weighted by Gasteiger charge is 2.40. The van der Waals surface area contributed by atoms with Crippen molar-refractivity contribution >= 4 is 62.6 Å². The van der Waals surface area contributed by atoms with Crippen molar-refractivity contribution in [2.24, 2.45) is 0 Å². The summed E-state index contributed by atoms with van der Waals surface area (Å²) < 4.78 is 0.719. The number of anilines is 1. The molecule has 166 valence electrons. The lowest BCUT2D eigenvalue weighted by atomic mass is 10.0. The maximum Gasteiger partial charge on any atom is 0.226 e. The predicted molar refractivity (Wildman–Crippen MR) is 139 cm³/mol. The van der Waals surface area contributed by atoms with Crippen LogP contribution in [0.3, 0.4) is 0 Å². The van der Waals surface area contributed by atoms with Crippen molar-refractivity contribution in [3.63, 3.8) is 0 Å². The number of thiocarbonyl (C=S) groups is 1. The molecule has 0 unspecified atom stereocenters. The Morgan fingerprint density at radius 3 is 2.70 bits per heavy atom. The smallest absolute Gasteiger partial charge is 0.226 e. The Kier molecular flexibility index (Phi) is 6.26. The molecule has 1 saturated heterocycles. The largest absolute Gasteiger partial charge is 0.352 e. The first kappa shape index (κ1) is 21.8. The van der Waals surface area contributed by atoms with E-state index in [0.717, 1.165) is 31.4 Å². The van der Waals surface area contributed by atoms with Crippen molar-refractivity contribution in [1.29, 1.82) is 0 Å². The summed E-state index contributed by atoms with van der Waals surface area (Å²) in [6.07, 6.45) is 2.08. The fourth-order valence-electron chi connectivity index (χ4n) is 4.21. The average Bonchev–Trinajstić information content (AvgIpc) is 3.41. The van der Waals surface area contributed by atoms with Crippen molar-refractivity contribution in [3.8, 4) is 0 Å². The summed E-state index contributed by atoms with van der Waals surface area (Å²) in [6.45, 7) is 0.478. The average molecular weight is 493 g/mol. The van der Waals surface area contributed by atoms with Gasteiger partial charge in [-0.05, 0) is 47.9 Å². The minimum atomic E-state index is -0.116. The number of rotatable bonds is 6. The molecular weight excluding hydrogens is 472 g/mol. The Morgan fingerprint density at radius 2 is 1.91 bits per heavy atom. The van der Waals surface area contributed by atoms with Crippen molar-refractivity contribution < 1.29 is 4.79 Å². The van der Waals surface area contributed by atoms with Gasteiger partial charge in [0.1, 0.15) is 0 Å². The number of pyridine rings is 1. The number of benzene rings is 2. The van der Waals surface area contributed by atoms with Crippen LogP contribution in [0.2, 0.25) is 4.34 Å². The second kappa shape index (κ2) is 9.47. The summed E-state index contributed by atoms with van der Waals surface area (Å²) in [4.78, 5) is 20.6. The first-order valence-electron chi connectivity index (χ1n) is 10.6. The van der Waals surface area contributed by atoms with Gasteiger partial charge in [-0.15, -0.1) is 11.3 Å². The lowest BCUT2D eigenvalue weighted by Crippen LogP contribution is -2.32. The Labute approximate surface area is 206 Å². The summed E-state index contributed by atoms with van der Waals surface area (Å²) >= 11 is 13.4. The number of fused-ring (bicyclic) bond motifs is 1. The molecule has 3 heterocycles. The van der Waals surface area contributed by atoms with E-state index in [-0.39, 0.29) is 18.0 Å². The third kappa shape index (κ3) is 4.57. The summed E-state index contributed by atoms with van der Waals surface area (Å²) in [5.41, 5.74) is 1.71. The fourth-order valence-corrected chi connectivity index (χ4v) is 5.76. The molecule has 1 fully saturated rings. The Bertz CT molecular complexity index is 1300. The minimum absolute atomic E-state index is 0.0570. The molecule has 0 aliphatic carbocycles. The summed E-state index contributed by atoms with van der Waals surface area (Å²) in [5.74, 6) is -0.0570. The topological polar surface area (TPSA) is 57.3 Å². The fraction of sp³-hybridized carbons (Fsp3) is 0.160. The molecule has 0 bridgehead atoms. The zero-order valence-electron chi connectivity index (χ0n) is 17.6. The number of aromatic nitrogens is 1. The highest BCUT2D eigenvalue weighted by atomic mass is 35.5. The van der Waals surface area contributed by atoms with Crippen molar-refractivity contribution in [2.75, 3.05) is 11.9 Å². The summed E-state index contributed by atoms with van der Waals surface area (Å²) in [6, 6.07) is 23.5. The highest BCUT2D eigenvalue weighted by molar-refractivity contribution is 7.80. The van der Waals surface area contributed by atoms with Crippen molar-refractivity contribution in [2.45, 2.75) is 18.5 Å². The standard InChI is InChI=1S/C25H21ClN4OS2/c26-21-12-11-20(33-21)24-23(19-9-3-4-14-27-19)29-25(32)30(24)15-13-22(31)28-18-10-5-7-16-6-1-2-8-17(16)18/h1-12,14,23-24H,13,15H2,(H,28,31)(H,29,32)/t23-,24-/m1/s1. The molecule has 33 heavy (non-hydrogen) atoms. The van der Waals surface area contributed by atoms with E-state index >= 15 is 0 Å². The van der Waals surface area contributed by atoms with E-state index in [1.54, 1.807) is 6.20 Å². The third-order valence-electron chi connectivity index (χ3n) is 5.73. The molecule has 1 aliphatic rings. The van der Waals surface area contributed by atoms with Crippen LogP contribution in [-0.2, 0) is 4.79 Å². The molecule has 0 saturated carbocycles. The second-order valence-electron chi connectivity index (χ2n) is 7.79. The van der Waals surface area contributed by atoms with E-state index in [2.05, 4.69) is 20.5 Å². The number of carbonyl (C=O) groups is 1. The molecule has 2 N–H and O–H groups in total. The zero-order chi connectivity index (χ0) is 22.8. The van der Waals surface area contributed by atoms with Gasteiger partial charge in [0.25, 0.3) is 0 Å². The zero-order valence-corrected chi connectivity index (χ0v) is 20.0. The van der Waals surface area contributed by atoms with Crippen LogP contribution in [-0.4, -0.2) is 27.4 Å². The lowest BCUT2D eigenvalue weighted by molar-refractivity contribution is -0.116. The van der Waals surface area contributed by atoms with Crippen molar-refractivity contribution in [1.82, 2.24) is 15.2 Å². The maximum atomic E-state index is 12.9. The molecular formula is C25H21ClN4OS2. The number of carbonyl (C=O) groups excluding carboxylic acids is 1.